The molecular weight excluding hydrogens is 256 g/mol. The van der Waals surface area contributed by atoms with Crippen LogP contribution >= 0.6 is 0 Å². The molecule has 104 valence electrons. The second kappa shape index (κ2) is 6.43. The Bertz CT molecular complexity index is 598. The van der Waals surface area contributed by atoms with Crippen molar-refractivity contribution in [3.05, 3.63) is 39.0 Å². The average Bonchev–Trinajstić information content (AvgIpc) is 2.33. The van der Waals surface area contributed by atoms with E-state index in [-0.39, 0.29) is 13.2 Å². The summed E-state index contributed by atoms with van der Waals surface area (Å²) in [6, 6.07) is 1.03. The van der Waals surface area contributed by atoms with Gasteiger partial charge in [-0.25, -0.2) is 9.59 Å². The molecule has 0 aliphatic carbocycles. The SMILES string of the molecule is CCOC(=O)/C(=C(\O)OCC)n1ccc(=O)[nH]c1=O. The molecular formula is C11H14N2O6. The smallest absolute Gasteiger partial charge is 0.362 e. The quantitative estimate of drug-likeness (QED) is 0.436. The molecule has 1 aromatic rings. The number of H-pyrrole nitrogens is 1. The summed E-state index contributed by atoms with van der Waals surface area (Å²) in [5.74, 6) is -1.70. The summed E-state index contributed by atoms with van der Waals surface area (Å²) in [7, 11) is 0. The minimum absolute atomic E-state index is 0.0554. The van der Waals surface area contributed by atoms with E-state index in [4.69, 9.17) is 9.47 Å². The first-order valence-corrected chi connectivity index (χ1v) is 5.56. The second-order valence-corrected chi connectivity index (χ2v) is 3.29. The highest BCUT2D eigenvalue weighted by atomic mass is 16.6. The van der Waals surface area contributed by atoms with E-state index >= 15 is 0 Å². The Kier molecular flexibility index (Phi) is 4.92. The number of carbonyl (C=O) groups excluding carboxylic acids is 1. The van der Waals surface area contributed by atoms with Crippen molar-refractivity contribution in [3.63, 3.8) is 0 Å². The van der Waals surface area contributed by atoms with Crippen molar-refractivity contribution in [1.82, 2.24) is 9.55 Å². The highest BCUT2D eigenvalue weighted by Crippen LogP contribution is 2.10. The zero-order chi connectivity index (χ0) is 14.4. The van der Waals surface area contributed by atoms with Gasteiger partial charge in [0.1, 0.15) is 0 Å². The Balaban J connectivity index is 3.39. The van der Waals surface area contributed by atoms with E-state index in [2.05, 4.69) is 0 Å². The molecule has 0 aliphatic rings. The van der Waals surface area contributed by atoms with E-state index in [9.17, 15) is 19.5 Å². The van der Waals surface area contributed by atoms with Gasteiger partial charge in [0.2, 0.25) is 5.70 Å². The molecule has 2 N–H and O–H groups in total. The van der Waals surface area contributed by atoms with E-state index in [1.165, 1.54) is 0 Å². The zero-order valence-electron chi connectivity index (χ0n) is 10.5. The molecule has 0 bridgehead atoms. The fourth-order valence-electron chi connectivity index (χ4n) is 1.29. The number of hydrogen-bond donors (Lipinski definition) is 2. The summed E-state index contributed by atoms with van der Waals surface area (Å²) in [5, 5.41) is 9.66. The molecule has 0 spiro atoms. The van der Waals surface area contributed by atoms with E-state index in [1.54, 1.807) is 13.8 Å². The predicted octanol–water partition coefficient (Wildman–Crippen LogP) is -0.180. The topological polar surface area (TPSA) is 111 Å². The lowest BCUT2D eigenvalue weighted by atomic mass is 10.4. The van der Waals surface area contributed by atoms with E-state index in [0.29, 0.717) is 0 Å². The van der Waals surface area contributed by atoms with E-state index < -0.39 is 28.9 Å². The fraction of sp³-hybridized carbons (Fsp3) is 0.364. The molecule has 0 radical (unpaired) electrons. The number of ether oxygens (including phenoxy) is 2. The molecule has 0 amide bonds. The normalized spacial score (nSPS) is 11.7. The summed E-state index contributed by atoms with van der Waals surface area (Å²) in [4.78, 5) is 36.2. The first-order chi connectivity index (χ1) is 9.01. The van der Waals surface area contributed by atoms with E-state index in [0.717, 1.165) is 16.8 Å². The molecule has 0 saturated heterocycles. The maximum atomic E-state index is 11.7. The number of aliphatic hydroxyl groups is 1. The van der Waals surface area contributed by atoms with Crippen LogP contribution in [-0.2, 0) is 14.3 Å². The minimum Gasteiger partial charge on any atom is -0.479 e. The molecule has 1 heterocycles. The van der Waals surface area contributed by atoms with Crippen LogP contribution in [0, 0.1) is 0 Å². The van der Waals surface area contributed by atoms with Gasteiger partial charge in [-0.3, -0.25) is 14.3 Å². The third-order valence-corrected chi connectivity index (χ3v) is 2.02. The van der Waals surface area contributed by atoms with Crippen LogP contribution < -0.4 is 11.2 Å². The molecule has 0 unspecified atom stereocenters. The van der Waals surface area contributed by atoms with Gasteiger partial charge in [-0.15, -0.1) is 0 Å². The maximum Gasteiger partial charge on any atom is 0.362 e. The van der Waals surface area contributed by atoms with Crippen molar-refractivity contribution >= 4 is 11.7 Å². The van der Waals surface area contributed by atoms with Gasteiger partial charge in [0.25, 0.3) is 5.56 Å². The number of rotatable bonds is 5. The second-order valence-electron chi connectivity index (χ2n) is 3.29. The standard InChI is InChI=1S/C11H14N2O6/c1-3-18-9(15)8(10(16)19-4-2)13-6-5-7(14)12-11(13)17/h5-6,15H,3-4H2,1-2H3,(H,12,14,17)/b9-8-. The Labute approximate surface area is 107 Å². The van der Waals surface area contributed by atoms with Gasteiger partial charge in [0, 0.05) is 12.3 Å². The Morgan fingerprint density at radius 1 is 1.32 bits per heavy atom. The van der Waals surface area contributed by atoms with Crippen LogP contribution in [0.4, 0.5) is 0 Å². The van der Waals surface area contributed by atoms with Crippen LogP contribution in [0.2, 0.25) is 0 Å². The molecule has 1 rings (SSSR count). The molecule has 0 aromatic carbocycles. The van der Waals surface area contributed by atoms with Crippen molar-refractivity contribution in [2.24, 2.45) is 0 Å². The Hall–Kier alpha value is -2.51. The van der Waals surface area contributed by atoms with Gasteiger partial charge in [-0.1, -0.05) is 0 Å². The number of hydrogen-bond acceptors (Lipinski definition) is 6. The van der Waals surface area contributed by atoms with Gasteiger partial charge in [-0.2, -0.15) is 0 Å². The molecule has 0 saturated carbocycles. The number of esters is 1. The Morgan fingerprint density at radius 3 is 2.47 bits per heavy atom. The molecule has 0 fully saturated rings. The predicted molar refractivity (Wildman–Crippen MR) is 65.4 cm³/mol. The first kappa shape index (κ1) is 14.6. The molecule has 0 atom stereocenters. The van der Waals surface area contributed by atoms with Crippen LogP contribution in [0.5, 0.6) is 0 Å². The van der Waals surface area contributed by atoms with E-state index in [1.807, 2.05) is 4.98 Å². The summed E-state index contributed by atoms with van der Waals surface area (Å²) in [5.41, 5.74) is -2.01. The highest BCUT2D eigenvalue weighted by Gasteiger charge is 2.21. The first-order valence-electron chi connectivity index (χ1n) is 5.56. The van der Waals surface area contributed by atoms with Crippen LogP contribution in [-0.4, -0.2) is 33.8 Å². The fourth-order valence-corrected chi connectivity index (χ4v) is 1.29. The lowest BCUT2D eigenvalue weighted by Crippen LogP contribution is -2.31. The summed E-state index contributed by atoms with van der Waals surface area (Å²) in [6.45, 7) is 3.31. The summed E-state index contributed by atoms with van der Waals surface area (Å²) in [6.07, 6.45) is 1.04. The van der Waals surface area contributed by atoms with Gasteiger partial charge < -0.3 is 14.6 Å². The van der Waals surface area contributed by atoms with Crippen LogP contribution in [0.3, 0.4) is 0 Å². The average molecular weight is 270 g/mol. The van der Waals surface area contributed by atoms with Gasteiger partial charge in [0.05, 0.1) is 13.2 Å². The molecule has 19 heavy (non-hydrogen) atoms. The number of aromatic nitrogens is 2. The number of nitrogens with zero attached hydrogens (tertiary/aromatic N) is 1. The zero-order valence-corrected chi connectivity index (χ0v) is 10.5. The molecule has 8 nitrogen and oxygen atoms in total. The third-order valence-electron chi connectivity index (χ3n) is 2.02. The molecule has 8 heteroatoms. The largest absolute Gasteiger partial charge is 0.479 e. The van der Waals surface area contributed by atoms with Crippen molar-refractivity contribution in [2.75, 3.05) is 13.2 Å². The van der Waals surface area contributed by atoms with Crippen LogP contribution in [0.15, 0.2) is 27.8 Å². The number of carbonyl (C=O) groups is 1. The maximum absolute atomic E-state index is 11.7. The monoisotopic (exact) mass is 270 g/mol. The number of aromatic amines is 1. The van der Waals surface area contributed by atoms with Gasteiger partial charge in [0.15, 0.2) is 0 Å². The number of aliphatic hydroxyl groups excluding tert-OH is 1. The van der Waals surface area contributed by atoms with Crippen molar-refractivity contribution < 1.29 is 19.4 Å². The third kappa shape index (κ3) is 3.47. The lowest BCUT2D eigenvalue weighted by Gasteiger charge is -2.11. The molecule has 1 aromatic heterocycles. The van der Waals surface area contributed by atoms with Crippen molar-refractivity contribution in [3.8, 4) is 0 Å². The summed E-state index contributed by atoms with van der Waals surface area (Å²) < 4.78 is 10.3. The van der Waals surface area contributed by atoms with Crippen molar-refractivity contribution in [2.45, 2.75) is 13.8 Å². The van der Waals surface area contributed by atoms with Crippen LogP contribution in [0.25, 0.3) is 5.70 Å². The Morgan fingerprint density at radius 2 is 1.95 bits per heavy atom. The van der Waals surface area contributed by atoms with Gasteiger partial charge >= 0.3 is 17.6 Å². The summed E-state index contributed by atoms with van der Waals surface area (Å²) >= 11 is 0. The van der Waals surface area contributed by atoms with Crippen molar-refractivity contribution in [1.29, 1.82) is 0 Å². The van der Waals surface area contributed by atoms with Gasteiger partial charge in [-0.05, 0) is 13.8 Å². The molecule has 0 aliphatic heterocycles. The highest BCUT2D eigenvalue weighted by molar-refractivity contribution is 6.10. The number of nitrogens with one attached hydrogen (secondary N) is 1. The van der Waals surface area contributed by atoms with Crippen LogP contribution in [0.1, 0.15) is 13.8 Å². The lowest BCUT2D eigenvalue weighted by molar-refractivity contribution is -0.137. The minimum atomic E-state index is -0.942.